The van der Waals surface area contributed by atoms with Crippen molar-refractivity contribution in [3.8, 4) is 6.07 Å². The van der Waals surface area contributed by atoms with E-state index >= 15 is 0 Å². The molecule has 0 atom stereocenters. The third kappa shape index (κ3) is 2.81. The van der Waals surface area contributed by atoms with E-state index in [0.29, 0.717) is 10.9 Å². The van der Waals surface area contributed by atoms with Gasteiger partial charge < -0.3 is 0 Å². The highest BCUT2D eigenvalue weighted by Crippen LogP contribution is 2.37. The first-order chi connectivity index (χ1) is 11.8. The zero-order chi connectivity index (χ0) is 16.5. The van der Waals surface area contributed by atoms with Crippen LogP contribution in [0.1, 0.15) is 30.0 Å². The molecule has 0 unspecified atom stereocenters. The van der Waals surface area contributed by atoms with Gasteiger partial charge in [0.1, 0.15) is 0 Å². The van der Waals surface area contributed by atoms with E-state index in [4.69, 9.17) is 10.2 Å². The first-order valence-corrected chi connectivity index (χ1v) is 8.88. The van der Waals surface area contributed by atoms with E-state index in [2.05, 4.69) is 6.07 Å². The van der Waals surface area contributed by atoms with E-state index in [-0.39, 0.29) is 11.6 Å². The number of aromatic nitrogens is 2. The average molecular weight is 333 g/mol. The second-order valence-electron chi connectivity index (χ2n) is 5.92. The van der Waals surface area contributed by atoms with Gasteiger partial charge in [0.2, 0.25) is 0 Å². The minimum atomic E-state index is 0.0606. The minimum absolute atomic E-state index is 0.0606. The van der Waals surface area contributed by atoms with Gasteiger partial charge in [0.25, 0.3) is 5.56 Å². The summed E-state index contributed by atoms with van der Waals surface area (Å²) in [6.45, 7) is 0. The van der Waals surface area contributed by atoms with Gasteiger partial charge in [0, 0.05) is 11.8 Å². The van der Waals surface area contributed by atoms with Crippen LogP contribution in [-0.4, -0.2) is 9.55 Å². The van der Waals surface area contributed by atoms with Gasteiger partial charge in [-0.3, -0.25) is 9.36 Å². The number of rotatable bonds is 4. The Labute approximate surface area is 143 Å². The Morgan fingerprint density at radius 1 is 1.17 bits per heavy atom. The zero-order valence-electron chi connectivity index (χ0n) is 13.0. The fourth-order valence-corrected chi connectivity index (χ4v) is 3.73. The van der Waals surface area contributed by atoms with E-state index in [1.165, 1.54) is 0 Å². The van der Waals surface area contributed by atoms with Gasteiger partial charge in [-0.25, -0.2) is 4.98 Å². The van der Waals surface area contributed by atoms with Crippen LogP contribution in [0.3, 0.4) is 0 Å². The van der Waals surface area contributed by atoms with Crippen molar-refractivity contribution in [1.29, 1.82) is 5.26 Å². The van der Waals surface area contributed by atoms with Crippen molar-refractivity contribution < 1.29 is 0 Å². The zero-order valence-corrected chi connectivity index (χ0v) is 13.8. The smallest absolute Gasteiger partial charge is 0.262 e. The molecule has 4 rings (SSSR count). The van der Waals surface area contributed by atoms with Crippen molar-refractivity contribution >= 4 is 22.7 Å². The summed E-state index contributed by atoms with van der Waals surface area (Å²) in [4.78, 5) is 17.5. The van der Waals surface area contributed by atoms with Crippen molar-refractivity contribution in [1.82, 2.24) is 9.55 Å². The number of nitrogens with zero attached hydrogens (tertiary/aromatic N) is 3. The number of nitriles is 1. The van der Waals surface area contributed by atoms with Crippen LogP contribution in [-0.2, 0) is 5.75 Å². The fraction of sp³-hybridized carbons (Fsp3) is 0.211. The summed E-state index contributed by atoms with van der Waals surface area (Å²) in [7, 11) is 0. The maximum atomic E-state index is 12.8. The minimum Gasteiger partial charge on any atom is -0.284 e. The predicted molar refractivity (Wildman–Crippen MR) is 95.0 cm³/mol. The molecule has 1 heterocycles. The van der Waals surface area contributed by atoms with Crippen molar-refractivity contribution in [3.63, 3.8) is 0 Å². The fourth-order valence-electron chi connectivity index (χ4n) is 2.71. The number of fused-ring (bicyclic) bond motifs is 1. The SMILES string of the molecule is N#Cc1ccc(CSc2nc3ccccc3c(=O)n2C2CC2)cc1. The topological polar surface area (TPSA) is 58.7 Å². The third-order valence-corrected chi connectivity index (χ3v) is 5.16. The van der Waals surface area contributed by atoms with E-state index in [1.807, 2.05) is 53.1 Å². The molecule has 24 heavy (non-hydrogen) atoms. The van der Waals surface area contributed by atoms with E-state index < -0.39 is 0 Å². The van der Waals surface area contributed by atoms with Crippen molar-refractivity contribution in [3.05, 3.63) is 70.0 Å². The second kappa shape index (κ2) is 6.14. The highest BCUT2D eigenvalue weighted by atomic mass is 32.2. The Morgan fingerprint density at radius 2 is 1.92 bits per heavy atom. The quantitative estimate of drug-likeness (QED) is 0.537. The molecule has 1 saturated carbocycles. The summed E-state index contributed by atoms with van der Waals surface area (Å²) < 4.78 is 1.86. The van der Waals surface area contributed by atoms with Crippen molar-refractivity contribution in [2.75, 3.05) is 0 Å². The molecule has 4 nitrogen and oxygen atoms in total. The van der Waals surface area contributed by atoms with Gasteiger partial charge in [-0.15, -0.1) is 0 Å². The molecule has 0 N–H and O–H groups in total. The number of hydrogen-bond donors (Lipinski definition) is 0. The molecule has 0 aliphatic heterocycles. The maximum Gasteiger partial charge on any atom is 0.262 e. The Balaban J connectivity index is 1.69. The standard InChI is InChI=1S/C19H15N3OS/c20-11-13-5-7-14(8-6-13)12-24-19-21-17-4-2-1-3-16(17)18(23)22(19)15-9-10-15/h1-8,15H,9-10,12H2. The Kier molecular flexibility index (Phi) is 3.83. The van der Waals surface area contributed by atoms with Crippen LogP contribution in [0.25, 0.3) is 10.9 Å². The van der Waals surface area contributed by atoms with Crippen LogP contribution < -0.4 is 5.56 Å². The lowest BCUT2D eigenvalue weighted by Crippen LogP contribution is -2.22. The molecular formula is C19H15N3OS. The number of thioether (sulfide) groups is 1. The van der Waals surface area contributed by atoms with Gasteiger partial charge in [-0.2, -0.15) is 5.26 Å². The molecule has 0 spiro atoms. The largest absolute Gasteiger partial charge is 0.284 e. The molecule has 2 aromatic carbocycles. The monoisotopic (exact) mass is 333 g/mol. The molecule has 5 heteroatoms. The molecule has 0 radical (unpaired) electrons. The molecule has 1 aliphatic carbocycles. The van der Waals surface area contributed by atoms with Crippen LogP contribution in [0.5, 0.6) is 0 Å². The lowest BCUT2D eigenvalue weighted by atomic mass is 10.2. The van der Waals surface area contributed by atoms with E-state index in [1.54, 1.807) is 11.8 Å². The van der Waals surface area contributed by atoms with Crippen LogP contribution >= 0.6 is 11.8 Å². The van der Waals surface area contributed by atoms with Crippen molar-refractivity contribution in [2.45, 2.75) is 29.8 Å². The summed E-state index contributed by atoms with van der Waals surface area (Å²) in [5.74, 6) is 0.725. The van der Waals surface area contributed by atoms with Gasteiger partial charge >= 0.3 is 0 Å². The highest BCUT2D eigenvalue weighted by Gasteiger charge is 2.28. The molecule has 1 fully saturated rings. The Hall–Kier alpha value is -2.58. The summed E-state index contributed by atoms with van der Waals surface area (Å²) in [5.41, 5.74) is 2.58. The predicted octanol–water partition coefficient (Wildman–Crippen LogP) is 3.90. The highest BCUT2D eigenvalue weighted by molar-refractivity contribution is 7.98. The average Bonchev–Trinajstić information content (AvgIpc) is 3.45. The third-order valence-electron chi connectivity index (χ3n) is 4.14. The first kappa shape index (κ1) is 15.0. The number of hydrogen-bond acceptors (Lipinski definition) is 4. The molecular weight excluding hydrogens is 318 g/mol. The van der Waals surface area contributed by atoms with Crippen LogP contribution in [0.4, 0.5) is 0 Å². The van der Waals surface area contributed by atoms with Gasteiger partial charge in [-0.05, 0) is 42.7 Å². The van der Waals surface area contributed by atoms with Crippen LogP contribution in [0.2, 0.25) is 0 Å². The molecule has 1 aliphatic rings. The molecule has 3 aromatic rings. The van der Waals surface area contributed by atoms with Crippen LogP contribution in [0.15, 0.2) is 58.5 Å². The lowest BCUT2D eigenvalue weighted by molar-refractivity contribution is 0.618. The van der Waals surface area contributed by atoms with Crippen LogP contribution in [0, 0.1) is 11.3 Å². The summed E-state index contributed by atoms with van der Waals surface area (Å²) in [5, 5.41) is 10.3. The molecule has 0 amide bonds. The Morgan fingerprint density at radius 3 is 2.62 bits per heavy atom. The Bertz CT molecular complexity index is 998. The summed E-state index contributed by atoms with van der Waals surface area (Å²) in [6.07, 6.45) is 2.09. The number of benzene rings is 2. The summed E-state index contributed by atoms with van der Waals surface area (Å²) >= 11 is 1.58. The van der Waals surface area contributed by atoms with E-state index in [9.17, 15) is 4.79 Å². The molecule has 1 aromatic heterocycles. The molecule has 0 saturated heterocycles. The molecule has 0 bridgehead atoms. The van der Waals surface area contributed by atoms with Gasteiger partial charge in [0.05, 0.1) is 22.5 Å². The normalized spacial score (nSPS) is 13.8. The summed E-state index contributed by atoms with van der Waals surface area (Å²) in [6, 6.07) is 17.5. The van der Waals surface area contributed by atoms with Gasteiger partial charge in [0.15, 0.2) is 5.16 Å². The second-order valence-corrected chi connectivity index (χ2v) is 6.86. The molecule has 118 valence electrons. The van der Waals surface area contributed by atoms with Gasteiger partial charge in [-0.1, -0.05) is 36.0 Å². The first-order valence-electron chi connectivity index (χ1n) is 7.89. The van der Waals surface area contributed by atoms with E-state index in [0.717, 1.165) is 34.8 Å². The lowest BCUT2D eigenvalue weighted by Gasteiger charge is -2.12. The van der Waals surface area contributed by atoms with Crippen molar-refractivity contribution in [2.24, 2.45) is 0 Å². The number of para-hydroxylation sites is 1. The maximum absolute atomic E-state index is 12.8.